The standard InChI is InChI=1S/C15H15BrF5N3O/c16-11-5-10(15(19,20)21)6-22-12(11)24-7-9(8-24)13(25)23-3-1-14(17,18)2-4-23/h5-6,9H,1-4,7-8H2. The van der Waals surface area contributed by atoms with E-state index in [2.05, 4.69) is 20.9 Å². The van der Waals surface area contributed by atoms with Crippen LogP contribution in [0.3, 0.4) is 0 Å². The minimum absolute atomic E-state index is 0.0323. The molecule has 138 valence electrons. The molecule has 0 atom stereocenters. The SMILES string of the molecule is O=C(C1CN(c2ncc(C(F)(F)F)cc2Br)C1)N1CCC(F)(F)CC1. The summed E-state index contributed by atoms with van der Waals surface area (Å²) < 4.78 is 64.4. The second-order valence-corrected chi connectivity index (χ2v) is 7.16. The molecule has 0 saturated carbocycles. The Morgan fingerprint density at radius 1 is 1.24 bits per heavy atom. The zero-order valence-corrected chi connectivity index (χ0v) is 14.6. The molecule has 10 heteroatoms. The van der Waals surface area contributed by atoms with Crippen molar-refractivity contribution in [3.8, 4) is 0 Å². The van der Waals surface area contributed by atoms with Gasteiger partial charge in [0.25, 0.3) is 5.92 Å². The van der Waals surface area contributed by atoms with E-state index in [0.717, 1.165) is 12.3 Å². The zero-order chi connectivity index (χ0) is 18.4. The first-order chi connectivity index (χ1) is 11.6. The maximum atomic E-state index is 13.1. The first kappa shape index (κ1) is 18.3. The lowest BCUT2D eigenvalue weighted by molar-refractivity contribution is -0.142. The molecule has 0 aromatic carbocycles. The number of amides is 1. The molecule has 0 unspecified atom stereocenters. The molecule has 0 bridgehead atoms. The fraction of sp³-hybridized carbons (Fsp3) is 0.600. The van der Waals surface area contributed by atoms with Gasteiger partial charge in [-0.15, -0.1) is 0 Å². The topological polar surface area (TPSA) is 36.4 Å². The molecule has 2 aliphatic heterocycles. The first-order valence-corrected chi connectivity index (χ1v) is 8.50. The molecular formula is C15H15BrF5N3O. The number of alkyl halides is 5. The van der Waals surface area contributed by atoms with Crippen molar-refractivity contribution in [2.75, 3.05) is 31.1 Å². The van der Waals surface area contributed by atoms with Gasteiger partial charge in [0.2, 0.25) is 5.91 Å². The normalized spacial score (nSPS) is 21.2. The molecule has 1 aromatic rings. The highest BCUT2D eigenvalue weighted by Crippen LogP contribution is 2.36. The summed E-state index contributed by atoms with van der Waals surface area (Å²) in [5.41, 5.74) is -0.856. The molecule has 0 aliphatic carbocycles. The molecular weight excluding hydrogens is 413 g/mol. The molecule has 0 radical (unpaired) electrons. The van der Waals surface area contributed by atoms with Crippen LogP contribution in [0, 0.1) is 5.92 Å². The molecule has 3 rings (SSSR count). The third-order valence-corrected chi connectivity index (χ3v) is 5.07. The number of carbonyl (C=O) groups is 1. The Morgan fingerprint density at radius 2 is 1.84 bits per heavy atom. The van der Waals surface area contributed by atoms with Crippen LogP contribution in [0.4, 0.5) is 27.8 Å². The highest BCUT2D eigenvalue weighted by molar-refractivity contribution is 9.10. The van der Waals surface area contributed by atoms with E-state index in [0.29, 0.717) is 18.9 Å². The molecule has 25 heavy (non-hydrogen) atoms. The van der Waals surface area contributed by atoms with E-state index in [1.807, 2.05) is 0 Å². The number of carbonyl (C=O) groups excluding carboxylic acids is 1. The summed E-state index contributed by atoms with van der Waals surface area (Å²) in [5, 5.41) is 0. The smallest absolute Gasteiger partial charge is 0.354 e. The summed E-state index contributed by atoms with van der Waals surface area (Å²) in [6.45, 7) is 0.681. The van der Waals surface area contributed by atoms with Gasteiger partial charge in [-0.1, -0.05) is 0 Å². The molecule has 2 fully saturated rings. The van der Waals surface area contributed by atoms with E-state index in [4.69, 9.17) is 0 Å². The molecule has 2 saturated heterocycles. The zero-order valence-electron chi connectivity index (χ0n) is 13.0. The number of rotatable bonds is 2. The van der Waals surface area contributed by atoms with Crippen LogP contribution < -0.4 is 4.90 Å². The van der Waals surface area contributed by atoms with Crippen molar-refractivity contribution >= 4 is 27.7 Å². The average Bonchev–Trinajstić information content (AvgIpc) is 2.46. The lowest BCUT2D eigenvalue weighted by atomic mass is 9.96. The summed E-state index contributed by atoms with van der Waals surface area (Å²) in [5.74, 6) is -2.91. The Morgan fingerprint density at radius 3 is 2.36 bits per heavy atom. The van der Waals surface area contributed by atoms with Crippen molar-refractivity contribution in [3.05, 3.63) is 22.3 Å². The van der Waals surface area contributed by atoms with E-state index in [-0.39, 0.29) is 42.2 Å². The van der Waals surface area contributed by atoms with Gasteiger partial charge in [0.1, 0.15) is 5.82 Å². The lowest BCUT2D eigenvalue weighted by Crippen LogP contribution is -2.56. The van der Waals surface area contributed by atoms with E-state index in [1.54, 1.807) is 4.90 Å². The first-order valence-electron chi connectivity index (χ1n) is 7.71. The molecule has 4 nitrogen and oxygen atoms in total. The molecule has 3 heterocycles. The van der Waals surface area contributed by atoms with E-state index in [9.17, 15) is 26.7 Å². The van der Waals surface area contributed by atoms with Crippen molar-refractivity contribution < 1.29 is 26.7 Å². The number of aromatic nitrogens is 1. The second-order valence-electron chi connectivity index (χ2n) is 6.31. The number of hydrogen-bond acceptors (Lipinski definition) is 3. The van der Waals surface area contributed by atoms with Gasteiger partial charge in [-0.3, -0.25) is 4.79 Å². The highest BCUT2D eigenvalue weighted by Gasteiger charge is 2.41. The number of likely N-dealkylation sites (tertiary alicyclic amines) is 1. The number of hydrogen-bond donors (Lipinski definition) is 0. The van der Waals surface area contributed by atoms with Gasteiger partial charge in [0.15, 0.2) is 0 Å². The van der Waals surface area contributed by atoms with E-state index in [1.165, 1.54) is 4.90 Å². The molecule has 2 aliphatic rings. The summed E-state index contributed by atoms with van der Waals surface area (Å²) in [7, 11) is 0. The van der Waals surface area contributed by atoms with E-state index < -0.39 is 17.7 Å². The Balaban J connectivity index is 1.58. The van der Waals surface area contributed by atoms with Crippen LogP contribution in [-0.2, 0) is 11.0 Å². The molecule has 1 amide bonds. The predicted octanol–water partition coefficient (Wildman–Crippen LogP) is 3.56. The van der Waals surface area contributed by atoms with Gasteiger partial charge in [0.05, 0.1) is 16.0 Å². The monoisotopic (exact) mass is 427 g/mol. The average molecular weight is 428 g/mol. The van der Waals surface area contributed by atoms with Gasteiger partial charge in [-0.25, -0.2) is 13.8 Å². The van der Waals surface area contributed by atoms with Gasteiger partial charge in [-0.05, 0) is 22.0 Å². The van der Waals surface area contributed by atoms with Gasteiger partial charge < -0.3 is 9.80 Å². The molecule has 1 aromatic heterocycles. The molecule has 0 spiro atoms. The maximum Gasteiger partial charge on any atom is 0.417 e. The minimum atomic E-state index is -4.47. The lowest BCUT2D eigenvalue weighted by Gasteiger charge is -2.43. The van der Waals surface area contributed by atoms with Crippen molar-refractivity contribution in [2.45, 2.75) is 24.9 Å². The van der Waals surface area contributed by atoms with Crippen LogP contribution in [-0.4, -0.2) is 47.9 Å². The number of halogens is 6. The Kier molecular flexibility index (Phi) is 4.67. The number of piperidine rings is 1. The van der Waals surface area contributed by atoms with Crippen LogP contribution in [0.2, 0.25) is 0 Å². The molecule has 0 N–H and O–H groups in total. The predicted molar refractivity (Wildman–Crippen MR) is 83.4 cm³/mol. The largest absolute Gasteiger partial charge is 0.417 e. The van der Waals surface area contributed by atoms with Crippen molar-refractivity contribution in [2.24, 2.45) is 5.92 Å². The number of nitrogens with zero attached hydrogens (tertiary/aromatic N) is 3. The summed E-state index contributed by atoms with van der Waals surface area (Å²) in [4.78, 5) is 19.3. The van der Waals surface area contributed by atoms with Crippen molar-refractivity contribution in [1.29, 1.82) is 0 Å². The van der Waals surface area contributed by atoms with Crippen LogP contribution in [0.5, 0.6) is 0 Å². The van der Waals surface area contributed by atoms with Crippen LogP contribution in [0.15, 0.2) is 16.7 Å². The van der Waals surface area contributed by atoms with Crippen LogP contribution in [0.25, 0.3) is 0 Å². The van der Waals surface area contributed by atoms with E-state index >= 15 is 0 Å². The Hall–Kier alpha value is -1.45. The minimum Gasteiger partial charge on any atom is -0.354 e. The fourth-order valence-electron chi connectivity index (χ4n) is 2.94. The van der Waals surface area contributed by atoms with Crippen molar-refractivity contribution in [3.63, 3.8) is 0 Å². The van der Waals surface area contributed by atoms with Gasteiger partial charge >= 0.3 is 6.18 Å². The third-order valence-electron chi connectivity index (χ3n) is 4.49. The third kappa shape index (κ3) is 3.88. The summed E-state index contributed by atoms with van der Waals surface area (Å²) >= 11 is 3.08. The van der Waals surface area contributed by atoms with Gasteiger partial charge in [0, 0.05) is 45.2 Å². The Bertz CT molecular complexity index is 666. The van der Waals surface area contributed by atoms with Crippen LogP contribution >= 0.6 is 15.9 Å². The second kappa shape index (κ2) is 6.37. The Labute approximate surface area is 149 Å². The van der Waals surface area contributed by atoms with Gasteiger partial charge in [-0.2, -0.15) is 13.2 Å². The quantitative estimate of drug-likeness (QED) is 0.677. The highest BCUT2D eigenvalue weighted by atomic mass is 79.9. The summed E-state index contributed by atoms with van der Waals surface area (Å²) in [6, 6.07) is 0.949. The summed E-state index contributed by atoms with van der Waals surface area (Å²) in [6.07, 6.45) is -4.39. The number of pyridine rings is 1. The van der Waals surface area contributed by atoms with Crippen molar-refractivity contribution in [1.82, 2.24) is 9.88 Å². The number of anilines is 1. The fourth-order valence-corrected chi connectivity index (χ4v) is 3.54. The maximum absolute atomic E-state index is 13.1. The van der Waals surface area contributed by atoms with Crippen LogP contribution in [0.1, 0.15) is 18.4 Å².